The molecule has 0 bridgehead atoms. The average Bonchev–Trinajstić information content (AvgIpc) is 2.95. The van der Waals surface area contributed by atoms with Crippen molar-refractivity contribution in [3.8, 4) is 11.3 Å². The molecule has 0 aromatic carbocycles. The molecule has 0 aliphatic rings. The average molecular weight is 313 g/mol. The second kappa shape index (κ2) is 5.76. The highest BCUT2D eigenvalue weighted by Gasteiger charge is 2.19. The molecule has 0 saturated heterocycles. The Hall–Kier alpha value is -1.67. The molecule has 0 aliphatic carbocycles. The van der Waals surface area contributed by atoms with Crippen LogP contribution in [-0.2, 0) is 14.6 Å². The molecular formula is C12H15N3O3S2. The maximum Gasteiger partial charge on any atom is 0.229 e. The lowest BCUT2D eigenvalue weighted by molar-refractivity contribution is -0.118. The van der Waals surface area contributed by atoms with Crippen LogP contribution in [0.1, 0.15) is 6.92 Å². The molecule has 8 heteroatoms. The Balaban J connectivity index is 2.02. The van der Waals surface area contributed by atoms with Gasteiger partial charge in [0.15, 0.2) is 5.82 Å². The number of hydrogen-bond acceptors (Lipinski definition) is 5. The van der Waals surface area contributed by atoms with E-state index in [4.69, 9.17) is 0 Å². The van der Waals surface area contributed by atoms with E-state index in [0.717, 1.165) is 17.5 Å². The quantitative estimate of drug-likeness (QED) is 0.879. The van der Waals surface area contributed by atoms with Gasteiger partial charge in [-0.15, -0.1) is 0 Å². The fourth-order valence-corrected chi connectivity index (χ4v) is 3.45. The summed E-state index contributed by atoms with van der Waals surface area (Å²) in [7, 11) is -3.18. The van der Waals surface area contributed by atoms with Gasteiger partial charge in [0.25, 0.3) is 0 Å². The first-order valence-corrected chi connectivity index (χ1v) is 8.92. The third-order valence-electron chi connectivity index (χ3n) is 2.66. The summed E-state index contributed by atoms with van der Waals surface area (Å²) < 4.78 is 22.3. The smallest absolute Gasteiger partial charge is 0.229 e. The van der Waals surface area contributed by atoms with Crippen LogP contribution in [0, 0.1) is 5.92 Å². The number of aromatic amines is 1. The van der Waals surface area contributed by atoms with E-state index < -0.39 is 15.8 Å². The minimum Gasteiger partial charge on any atom is -0.309 e. The first kappa shape index (κ1) is 14.7. The summed E-state index contributed by atoms with van der Waals surface area (Å²) in [5.74, 6) is -0.776. The molecule has 108 valence electrons. The van der Waals surface area contributed by atoms with Gasteiger partial charge in [0.1, 0.15) is 9.84 Å². The first-order chi connectivity index (χ1) is 9.35. The summed E-state index contributed by atoms with van der Waals surface area (Å²) in [5.41, 5.74) is 1.80. The molecule has 0 unspecified atom stereocenters. The minimum atomic E-state index is -3.18. The summed E-state index contributed by atoms with van der Waals surface area (Å²) in [5, 5.41) is 13.3. The predicted molar refractivity (Wildman–Crippen MR) is 79.4 cm³/mol. The van der Waals surface area contributed by atoms with E-state index in [1.165, 1.54) is 0 Å². The van der Waals surface area contributed by atoms with Crippen LogP contribution >= 0.6 is 11.3 Å². The Bertz CT molecular complexity index is 689. The first-order valence-electron chi connectivity index (χ1n) is 5.92. The van der Waals surface area contributed by atoms with Gasteiger partial charge in [-0.3, -0.25) is 9.89 Å². The summed E-state index contributed by atoms with van der Waals surface area (Å²) in [6, 6.07) is 3.66. The Morgan fingerprint density at radius 3 is 2.90 bits per heavy atom. The van der Waals surface area contributed by atoms with Crippen molar-refractivity contribution in [3.63, 3.8) is 0 Å². The SMILES string of the molecule is C[C@H](CS(C)(=O)=O)C(=O)Nc1cc(-c2ccsc2)[nH]n1. The predicted octanol–water partition coefficient (Wildman–Crippen LogP) is 1.76. The minimum absolute atomic E-state index is 0.180. The molecule has 0 aliphatic heterocycles. The standard InChI is InChI=1S/C12H15N3O3S2/c1-8(7-20(2,17)18)12(16)13-11-5-10(14-15-11)9-3-4-19-6-9/h3-6,8H,7H2,1-2H3,(H2,13,14,15,16)/t8-/m1/s1. The Kier molecular flexibility index (Phi) is 4.24. The molecule has 2 aromatic heterocycles. The number of sulfone groups is 1. The second-order valence-electron chi connectivity index (χ2n) is 4.66. The molecule has 6 nitrogen and oxygen atoms in total. The van der Waals surface area contributed by atoms with Gasteiger partial charge in [0.2, 0.25) is 5.91 Å². The largest absolute Gasteiger partial charge is 0.309 e. The van der Waals surface area contributed by atoms with Gasteiger partial charge in [0, 0.05) is 29.2 Å². The van der Waals surface area contributed by atoms with E-state index in [1.54, 1.807) is 24.3 Å². The number of nitrogens with one attached hydrogen (secondary N) is 2. The highest BCUT2D eigenvalue weighted by atomic mass is 32.2. The summed E-state index contributed by atoms with van der Waals surface area (Å²) in [6.45, 7) is 1.57. The van der Waals surface area contributed by atoms with Gasteiger partial charge in [-0.2, -0.15) is 16.4 Å². The summed E-state index contributed by atoms with van der Waals surface area (Å²) in [4.78, 5) is 11.9. The number of hydrogen-bond donors (Lipinski definition) is 2. The molecule has 1 amide bonds. The molecule has 1 atom stereocenters. The van der Waals surface area contributed by atoms with Crippen molar-refractivity contribution in [2.75, 3.05) is 17.3 Å². The Labute approximate surface area is 121 Å². The third kappa shape index (κ3) is 3.91. The van der Waals surface area contributed by atoms with E-state index in [-0.39, 0.29) is 11.7 Å². The van der Waals surface area contributed by atoms with Crippen molar-refractivity contribution in [1.29, 1.82) is 0 Å². The van der Waals surface area contributed by atoms with Crippen LogP contribution in [0.5, 0.6) is 0 Å². The lowest BCUT2D eigenvalue weighted by Crippen LogP contribution is -2.26. The number of carbonyl (C=O) groups is 1. The zero-order valence-electron chi connectivity index (χ0n) is 11.1. The molecule has 2 heterocycles. The normalized spacial score (nSPS) is 13.1. The number of amides is 1. The van der Waals surface area contributed by atoms with Crippen LogP contribution < -0.4 is 5.32 Å². The number of carbonyl (C=O) groups excluding carboxylic acids is 1. The third-order valence-corrected chi connectivity index (χ3v) is 4.45. The lowest BCUT2D eigenvalue weighted by atomic mass is 10.2. The maximum absolute atomic E-state index is 11.9. The van der Waals surface area contributed by atoms with Crippen molar-refractivity contribution < 1.29 is 13.2 Å². The highest BCUT2D eigenvalue weighted by Crippen LogP contribution is 2.22. The Morgan fingerprint density at radius 1 is 1.55 bits per heavy atom. The molecule has 0 fully saturated rings. The van der Waals surface area contributed by atoms with Crippen LogP contribution in [0.4, 0.5) is 5.82 Å². The van der Waals surface area contributed by atoms with E-state index in [0.29, 0.717) is 5.82 Å². The van der Waals surface area contributed by atoms with Crippen LogP contribution in [0.25, 0.3) is 11.3 Å². The Morgan fingerprint density at radius 2 is 2.30 bits per heavy atom. The van der Waals surface area contributed by atoms with Crippen LogP contribution in [0.3, 0.4) is 0 Å². The van der Waals surface area contributed by atoms with Gasteiger partial charge in [-0.25, -0.2) is 8.42 Å². The zero-order chi connectivity index (χ0) is 14.8. The lowest BCUT2D eigenvalue weighted by Gasteiger charge is -2.08. The molecule has 0 radical (unpaired) electrons. The number of H-pyrrole nitrogens is 1. The van der Waals surface area contributed by atoms with Gasteiger partial charge in [-0.1, -0.05) is 6.92 Å². The van der Waals surface area contributed by atoms with Crippen molar-refractivity contribution in [2.24, 2.45) is 5.92 Å². The zero-order valence-corrected chi connectivity index (χ0v) is 12.7. The monoisotopic (exact) mass is 313 g/mol. The topological polar surface area (TPSA) is 91.9 Å². The van der Waals surface area contributed by atoms with Crippen molar-refractivity contribution in [2.45, 2.75) is 6.92 Å². The van der Waals surface area contributed by atoms with Crippen molar-refractivity contribution in [1.82, 2.24) is 10.2 Å². The van der Waals surface area contributed by atoms with E-state index in [2.05, 4.69) is 15.5 Å². The highest BCUT2D eigenvalue weighted by molar-refractivity contribution is 7.90. The molecule has 20 heavy (non-hydrogen) atoms. The number of rotatable bonds is 5. The molecular weight excluding hydrogens is 298 g/mol. The number of thiophene rings is 1. The number of nitrogens with zero attached hydrogens (tertiary/aromatic N) is 1. The van der Waals surface area contributed by atoms with Gasteiger partial charge >= 0.3 is 0 Å². The number of anilines is 1. The van der Waals surface area contributed by atoms with Gasteiger partial charge in [-0.05, 0) is 11.4 Å². The van der Waals surface area contributed by atoms with Gasteiger partial charge in [0.05, 0.1) is 11.4 Å². The number of aromatic nitrogens is 2. The summed E-state index contributed by atoms with van der Waals surface area (Å²) in [6.07, 6.45) is 1.11. The van der Waals surface area contributed by atoms with E-state index in [9.17, 15) is 13.2 Å². The van der Waals surface area contributed by atoms with E-state index >= 15 is 0 Å². The molecule has 2 rings (SSSR count). The molecule has 0 spiro atoms. The fourth-order valence-electron chi connectivity index (χ4n) is 1.73. The van der Waals surface area contributed by atoms with E-state index in [1.807, 2.05) is 16.8 Å². The van der Waals surface area contributed by atoms with Crippen molar-refractivity contribution >= 4 is 32.9 Å². The van der Waals surface area contributed by atoms with Gasteiger partial charge < -0.3 is 5.32 Å². The molecule has 2 aromatic rings. The molecule has 2 N–H and O–H groups in total. The van der Waals surface area contributed by atoms with Crippen LogP contribution in [-0.4, -0.2) is 36.5 Å². The van der Waals surface area contributed by atoms with Crippen LogP contribution in [0.15, 0.2) is 22.9 Å². The maximum atomic E-state index is 11.9. The second-order valence-corrected chi connectivity index (χ2v) is 7.63. The van der Waals surface area contributed by atoms with Crippen molar-refractivity contribution in [3.05, 3.63) is 22.9 Å². The van der Waals surface area contributed by atoms with Crippen LogP contribution in [0.2, 0.25) is 0 Å². The molecule has 0 saturated carbocycles. The summed E-state index contributed by atoms with van der Waals surface area (Å²) >= 11 is 1.57. The fraction of sp³-hybridized carbons (Fsp3) is 0.333.